The van der Waals surface area contributed by atoms with Crippen LogP contribution in [0.2, 0.25) is 0 Å². The summed E-state index contributed by atoms with van der Waals surface area (Å²) in [5.74, 6) is 1.27. The lowest BCUT2D eigenvalue weighted by molar-refractivity contribution is 0.191. The van der Waals surface area contributed by atoms with Gasteiger partial charge in [0.1, 0.15) is 5.82 Å². The highest BCUT2D eigenvalue weighted by Crippen LogP contribution is 2.25. The molecule has 0 saturated carbocycles. The van der Waals surface area contributed by atoms with Crippen LogP contribution in [-0.4, -0.2) is 43.1 Å². The van der Waals surface area contributed by atoms with Crippen molar-refractivity contribution in [1.29, 1.82) is 0 Å². The van der Waals surface area contributed by atoms with Crippen LogP contribution in [0, 0.1) is 5.92 Å². The van der Waals surface area contributed by atoms with Gasteiger partial charge in [-0.1, -0.05) is 6.92 Å². The Morgan fingerprint density at radius 1 is 1.41 bits per heavy atom. The number of hydrogen-bond donors (Lipinski definition) is 1. The van der Waals surface area contributed by atoms with E-state index in [1.165, 1.54) is 12.1 Å². The minimum atomic E-state index is 0.588. The maximum absolute atomic E-state index is 5.61. The molecule has 0 aliphatic carbocycles. The monoisotopic (exact) mass is 234 g/mol. The zero-order valence-electron chi connectivity index (χ0n) is 10.9. The van der Waals surface area contributed by atoms with Crippen molar-refractivity contribution in [3.8, 4) is 0 Å². The molecule has 94 valence electrons. The molecule has 0 bridgehead atoms. The molecule has 1 saturated heterocycles. The maximum Gasteiger partial charge on any atom is 0.123 e. The fraction of sp³-hybridized carbons (Fsp3) is 0.615. The Balaban J connectivity index is 2.04. The lowest BCUT2D eigenvalue weighted by Gasteiger charge is -2.41. The lowest BCUT2D eigenvalue weighted by atomic mass is 9.93. The average Bonchev–Trinajstić information content (AvgIpc) is 2.29. The first-order valence-corrected chi connectivity index (χ1v) is 6.21. The van der Waals surface area contributed by atoms with Gasteiger partial charge in [0.2, 0.25) is 0 Å². The van der Waals surface area contributed by atoms with Gasteiger partial charge in [-0.15, -0.1) is 0 Å². The largest absolute Gasteiger partial charge is 0.384 e. The standard InChI is InChI=1S/C13H22N4/c1-10-9-17(7-6-12(10)16(2)3)11-4-5-13(14)15-8-11/h4-5,8,10,12H,6-7,9H2,1-3H3,(H2,14,15)/t10?,12-/m0/s1. The minimum Gasteiger partial charge on any atom is -0.384 e. The van der Waals surface area contributed by atoms with Gasteiger partial charge in [0.05, 0.1) is 11.9 Å². The Kier molecular flexibility index (Phi) is 3.52. The number of piperidine rings is 1. The van der Waals surface area contributed by atoms with Crippen LogP contribution in [0.3, 0.4) is 0 Å². The van der Waals surface area contributed by atoms with E-state index >= 15 is 0 Å². The minimum absolute atomic E-state index is 0.588. The number of nitrogen functional groups attached to an aromatic ring is 1. The molecule has 2 N–H and O–H groups in total. The van der Waals surface area contributed by atoms with Gasteiger partial charge in [0.25, 0.3) is 0 Å². The van der Waals surface area contributed by atoms with E-state index in [1.807, 2.05) is 12.3 Å². The van der Waals surface area contributed by atoms with Crippen LogP contribution < -0.4 is 10.6 Å². The lowest BCUT2D eigenvalue weighted by Crippen LogP contribution is -2.47. The van der Waals surface area contributed by atoms with E-state index in [1.54, 1.807) is 0 Å². The summed E-state index contributed by atoms with van der Waals surface area (Å²) in [6.45, 7) is 4.51. The summed E-state index contributed by atoms with van der Waals surface area (Å²) in [4.78, 5) is 8.90. The van der Waals surface area contributed by atoms with Gasteiger partial charge < -0.3 is 15.5 Å². The van der Waals surface area contributed by atoms with E-state index in [0.29, 0.717) is 17.8 Å². The van der Waals surface area contributed by atoms with E-state index < -0.39 is 0 Å². The van der Waals surface area contributed by atoms with Crippen molar-refractivity contribution in [3.05, 3.63) is 18.3 Å². The summed E-state index contributed by atoms with van der Waals surface area (Å²) in [6.07, 6.45) is 3.08. The quantitative estimate of drug-likeness (QED) is 0.841. The molecule has 0 radical (unpaired) electrons. The van der Waals surface area contributed by atoms with Crippen molar-refractivity contribution >= 4 is 11.5 Å². The smallest absolute Gasteiger partial charge is 0.123 e. The molecule has 1 aliphatic heterocycles. The van der Waals surface area contributed by atoms with Crippen molar-refractivity contribution in [2.24, 2.45) is 5.92 Å². The van der Waals surface area contributed by atoms with E-state index in [2.05, 4.69) is 41.9 Å². The van der Waals surface area contributed by atoms with Gasteiger partial charge in [0.15, 0.2) is 0 Å². The third-order valence-electron chi connectivity index (χ3n) is 3.66. The molecule has 4 nitrogen and oxygen atoms in total. The summed E-state index contributed by atoms with van der Waals surface area (Å²) >= 11 is 0. The van der Waals surface area contributed by atoms with Crippen LogP contribution in [0.25, 0.3) is 0 Å². The second-order valence-corrected chi connectivity index (χ2v) is 5.18. The third-order valence-corrected chi connectivity index (χ3v) is 3.66. The highest BCUT2D eigenvalue weighted by molar-refractivity contribution is 5.48. The molecule has 17 heavy (non-hydrogen) atoms. The van der Waals surface area contributed by atoms with Crippen molar-refractivity contribution in [2.75, 3.05) is 37.8 Å². The summed E-state index contributed by atoms with van der Waals surface area (Å²) in [5, 5.41) is 0. The molecule has 0 spiro atoms. The predicted octanol–water partition coefficient (Wildman–Crippen LogP) is 1.44. The molecular formula is C13H22N4. The molecule has 2 atom stereocenters. The van der Waals surface area contributed by atoms with Crippen molar-refractivity contribution in [1.82, 2.24) is 9.88 Å². The number of nitrogens with zero attached hydrogens (tertiary/aromatic N) is 3. The van der Waals surface area contributed by atoms with E-state index in [9.17, 15) is 0 Å². The molecule has 2 rings (SSSR count). The fourth-order valence-electron chi connectivity index (χ4n) is 2.72. The topological polar surface area (TPSA) is 45.4 Å². The number of anilines is 2. The number of hydrogen-bond acceptors (Lipinski definition) is 4. The van der Waals surface area contributed by atoms with Crippen molar-refractivity contribution < 1.29 is 0 Å². The van der Waals surface area contributed by atoms with Gasteiger partial charge in [-0.25, -0.2) is 4.98 Å². The Morgan fingerprint density at radius 3 is 2.71 bits per heavy atom. The summed E-state index contributed by atoms with van der Waals surface area (Å²) in [6, 6.07) is 4.62. The van der Waals surface area contributed by atoms with Crippen molar-refractivity contribution in [2.45, 2.75) is 19.4 Å². The Bertz CT molecular complexity index is 360. The van der Waals surface area contributed by atoms with E-state index in [0.717, 1.165) is 13.1 Å². The maximum atomic E-state index is 5.61. The van der Waals surface area contributed by atoms with Crippen LogP contribution in [0.5, 0.6) is 0 Å². The van der Waals surface area contributed by atoms with Crippen molar-refractivity contribution in [3.63, 3.8) is 0 Å². The number of nitrogens with two attached hydrogens (primary N) is 1. The van der Waals surface area contributed by atoms with Gasteiger partial charge in [-0.2, -0.15) is 0 Å². The van der Waals surface area contributed by atoms with Crippen LogP contribution in [-0.2, 0) is 0 Å². The molecule has 1 unspecified atom stereocenters. The van der Waals surface area contributed by atoms with Crippen LogP contribution >= 0.6 is 0 Å². The van der Waals surface area contributed by atoms with Gasteiger partial charge >= 0.3 is 0 Å². The molecule has 0 aromatic carbocycles. The Morgan fingerprint density at radius 2 is 2.18 bits per heavy atom. The Hall–Kier alpha value is -1.29. The zero-order valence-corrected chi connectivity index (χ0v) is 10.9. The second-order valence-electron chi connectivity index (χ2n) is 5.18. The predicted molar refractivity (Wildman–Crippen MR) is 72.1 cm³/mol. The first kappa shape index (κ1) is 12.2. The second kappa shape index (κ2) is 4.92. The summed E-state index contributed by atoms with van der Waals surface area (Å²) < 4.78 is 0. The number of pyridine rings is 1. The summed E-state index contributed by atoms with van der Waals surface area (Å²) in [5.41, 5.74) is 6.79. The summed E-state index contributed by atoms with van der Waals surface area (Å²) in [7, 11) is 4.34. The van der Waals surface area contributed by atoms with E-state index in [-0.39, 0.29) is 0 Å². The first-order chi connectivity index (χ1) is 8.08. The van der Waals surface area contributed by atoms with Crippen LogP contribution in [0.15, 0.2) is 18.3 Å². The van der Waals surface area contributed by atoms with Gasteiger partial charge in [-0.05, 0) is 38.6 Å². The van der Waals surface area contributed by atoms with Crippen LogP contribution in [0.1, 0.15) is 13.3 Å². The SMILES string of the molecule is CC1CN(c2ccc(N)nc2)CC[C@@H]1N(C)C. The van der Waals surface area contributed by atoms with Crippen LogP contribution in [0.4, 0.5) is 11.5 Å². The van der Waals surface area contributed by atoms with E-state index in [4.69, 9.17) is 5.73 Å². The molecule has 1 aromatic heterocycles. The normalized spacial score (nSPS) is 25.3. The molecule has 4 heteroatoms. The number of aromatic nitrogens is 1. The van der Waals surface area contributed by atoms with Gasteiger partial charge in [-0.3, -0.25) is 0 Å². The Labute approximate surface area is 103 Å². The first-order valence-electron chi connectivity index (χ1n) is 6.21. The molecule has 1 fully saturated rings. The molecule has 0 amide bonds. The molecular weight excluding hydrogens is 212 g/mol. The fourth-order valence-corrected chi connectivity index (χ4v) is 2.72. The number of rotatable bonds is 2. The molecule has 1 aromatic rings. The molecule has 1 aliphatic rings. The third kappa shape index (κ3) is 2.69. The van der Waals surface area contributed by atoms with Gasteiger partial charge in [0, 0.05) is 19.1 Å². The highest BCUT2D eigenvalue weighted by atomic mass is 15.2. The zero-order chi connectivity index (χ0) is 12.4. The average molecular weight is 234 g/mol. The molecule has 2 heterocycles. The highest BCUT2D eigenvalue weighted by Gasteiger charge is 2.27.